The number of Topliss-reactive ketones (excluding diaryl/α,β-unsaturated/α-hetero) is 2. The van der Waals surface area contributed by atoms with E-state index in [-0.39, 0.29) is 47.3 Å². The van der Waals surface area contributed by atoms with Crippen LogP contribution in [0.25, 0.3) is 11.8 Å². The van der Waals surface area contributed by atoms with Gasteiger partial charge in [0.15, 0.2) is 17.2 Å². The molecule has 0 spiro atoms. The normalized spacial score (nSPS) is 26.1. The molecule has 3 aliphatic carbocycles. The summed E-state index contributed by atoms with van der Waals surface area (Å²) in [5, 5.41) is 43.5. The van der Waals surface area contributed by atoms with E-state index in [1.807, 2.05) is 20.8 Å². The molecule has 4 rings (SSSR count). The SMILES string of the molecule is CC(C)(C)CC(=O)/C=C/c1ccc(O)c2c1CC1CC3CC(=O)C(C(N)=O)=C(O)C3(O)C(=O)C1=C2O. The number of hydrogen-bond acceptors (Lipinski definition) is 8. The van der Waals surface area contributed by atoms with Crippen LogP contribution in [0.5, 0.6) is 5.75 Å². The Morgan fingerprint density at radius 1 is 1.14 bits per heavy atom. The molecule has 6 N–H and O–H groups in total. The molecule has 0 bridgehead atoms. The van der Waals surface area contributed by atoms with Gasteiger partial charge in [-0.1, -0.05) is 32.9 Å². The summed E-state index contributed by atoms with van der Waals surface area (Å²) in [6.07, 6.45) is 3.21. The van der Waals surface area contributed by atoms with Crippen molar-refractivity contribution in [3.63, 3.8) is 0 Å². The van der Waals surface area contributed by atoms with Crippen molar-refractivity contribution in [1.29, 1.82) is 0 Å². The van der Waals surface area contributed by atoms with Crippen LogP contribution in [0.1, 0.15) is 56.7 Å². The Kier molecular flexibility index (Phi) is 5.95. The van der Waals surface area contributed by atoms with Crippen LogP contribution >= 0.6 is 0 Å². The van der Waals surface area contributed by atoms with E-state index in [0.29, 0.717) is 17.5 Å². The maximum atomic E-state index is 13.5. The van der Waals surface area contributed by atoms with Crippen molar-refractivity contribution in [2.75, 3.05) is 0 Å². The van der Waals surface area contributed by atoms with Gasteiger partial charge in [-0.15, -0.1) is 0 Å². The van der Waals surface area contributed by atoms with Gasteiger partial charge in [0.25, 0.3) is 5.91 Å². The molecule has 0 aliphatic heterocycles. The van der Waals surface area contributed by atoms with Crippen LogP contribution in [0.3, 0.4) is 0 Å². The fourth-order valence-corrected chi connectivity index (χ4v) is 5.57. The molecule has 1 aromatic rings. The van der Waals surface area contributed by atoms with Gasteiger partial charge in [-0.25, -0.2) is 0 Å². The van der Waals surface area contributed by atoms with Gasteiger partial charge in [0.1, 0.15) is 22.8 Å². The number of primary amides is 1. The zero-order valence-electron chi connectivity index (χ0n) is 20.3. The van der Waals surface area contributed by atoms with Gasteiger partial charge in [0.2, 0.25) is 5.78 Å². The Balaban J connectivity index is 1.81. The van der Waals surface area contributed by atoms with Crippen LogP contribution in [-0.2, 0) is 25.6 Å². The van der Waals surface area contributed by atoms with Crippen molar-refractivity contribution in [1.82, 2.24) is 0 Å². The number of amides is 1. The number of fused-ring (bicyclic) bond motifs is 3. The van der Waals surface area contributed by atoms with Crippen molar-refractivity contribution in [3.8, 4) is 5.75 Å². The summed E-state index contributed by atoms with van der Waals surface area (Å²) in [5.41, 5.74) is 2.45. The van der Waals surface area contributed by atoms with Gasteiger partial charge in [-0.05, 0) is 47.4 Å². The van der Waals surface area contributed by atoms with E-state index in [1.54, 1.807) is 12.1 Å². The van der Waals surface area contributed by atoms with Gasteiger partial charge >= 0.3 is 0 Å². The standard InChI is InChI=1S/C27H29NO8/c1-26(2,3)11-15(29)6-4-12-5-7-17(30)20-16(12)9-13-8-14-10-18(31)21(25(28)35)24(34)27(14,36)23(33)19(13)22(20)32/h4-7,13-14,30,32,34,36H,8-11H2,1-3H3,(H2,28,35)/b6-4+. The first kappa shape index (κ1) is 25.4. The zero-order chi connectivity index (χ0) is 26.7. The molecule has 9 nitrogen and oxygen atoms in total. The van der Waals surface area contributed by atoms with Crippen LogP contribution in [0.2, 0.25) is 0 Å². The van der Waals surface area contributed by atoms with Crippen molar-refractivity contribution < 1.29 is 39.6 Å². The van der Waals surface area contributed by atoms with E-state index >= 15 is 0 Å². The fourth-order valence-electron chi connectivity index (χ4n) is 5.57. The maximum absolute atomic E-state index is 13.5. The monoisotopic (exact) mass is 495 g/mol. The second-order valence-electron chi connectivity index (χ2n) is 11.0. The number of aliphatic hydroxyl groups is 3. The first-order chi connectivity index (χ1) is 16.7. The first-order valence-corrected chi connectivity index (χ1v) is 11.7. The van der Waals surface area contributed by atoms with Crippen LogP contribution in [0.4, 0.5) is 0 Å². The number of phenolic OH excluding ortho intramolecular Hbond substituents is 1. The third kappa shape index (κ3) is 3.93. The summed E-state index contributed by atoms with van der Waals surface area (Å²) in [7, 11) is 0. The van der Waals surface area contributed by atoms with Gasteiger partial charge < -0.3 is 26.2 Å². The lowest BCUT2D eigenvalue weighted by molar-refractivity contribution is -0.147. The number of ketones is 3. The van der Waals surface area contributed by atoms with Crippen molar-refractivity contribution in [2.24, 2.45) is 23.0 Å². The minimum atomic E-state index is -2.60. The predicted octanol–water partition coefficient (Wildman–Crippen LogP) is 2.44. The molecular formula is C27H29NO8. The van der Waals surface area contributed by atoms with E-state index in [0.717, 1.165) is 0 Å². The van der Waals surface area contributed by atoms with Crippen molar-refractivity contribution in [3.05, 3.63) is 51.8 Å². The summed E-state index contributed by atoms with van der Waals surface area (Å²) in [4.78, 5) is 50.0. The fraction of sp³-hybridized carbons (Fsp3) is 0.407. The van der Waals surface area contributed by atoms with Crippen molar-refractivity contribution in [2.45, 2.75) is 52.1 Å². The summed E-state index contributed by atoms with van der Waals surface area (Å²) >= 11 is 0. The minimum absolute atomic E-state index is 0.00690. The molecule has 0 heterocycles. The van der Waals surface area contributed by atoms with Crippen LogP contribution in [-0.4, -0.2) is 49.3 Å². The summed E-state index contributed by atoms with van der Waals surface area (Å²) in [6.45, 7) is 5.84. The van der Waals surface area contributed by atoms with Gasteiger partial charge in [0, 0.05) is 24.3 Å². The van der Waals surface area contributed by atoms with Crippen molar-refractivity contribution >= 4 is 35.1 Å². The second-order valence-corrected chi connectivity index (χ2v) is 11.0. The molecule has 1 aromatic carbocycles. The largest absolute Gasteiger partial charge is 0.508 e. The third-order valence-electron chi connectivity index (χ3n) is 7.14. The number of hydrogen-bond donors (Lipinski definition) is 5. The molecule has 190 valence electrons. The Labute approximate surface area is 207 Å². The van der Waals surface area contributed by atoms with E-state index in [9.17, 15) is 39.6 Å². The lowest BCUT2D eigenvalue weighted by Crippen LogP contribution is -2.58. The number of rotatable bonds is 4. The minimum Gasteiger partial charge on any atom is -0.508 e. The Bertz CT molecular complexity index is 1310. The average molecular weight is 496 g/mol. The molecule has 0 aromatic heterocycles. The number of carbonyl (C=O) groups excluding carboxylic acids is 4. The smallest absolute Gasteiger partial charge is 0.255 e. The zero-order valence-corrected chi connectivity index (χ0v) is 20.3. The predicted molar refractivity (Wildman–Crippen MR) is 129 cm³/mol. The molecule has 3 aliphatic rings. The number of carbonyl (C=O) groups is 4. The number of aromatic hydroxyl groups is 1. The Morgan fingerprint density at radius 3 is 2.42 bits per heavy atom. The van der Waals surface area contributed by atoms with Gasteiger partial charge in [-0.2, -0.15) is 0 Å². The lowest BCUT2D eigenvalue weighted by atomic mass is 9.59. The topological polar surface area (TPSA) is 175 Å². The number of aliphatic hydroxyl groups excluding tert-OH is 2. The summed E-state index contributed by atoms with van der Waals surface area (Å²) < 4.78 is 0. The number of nitrogens with two attached hydrogens (primary N) is 1. The number of allylic oxidation sites excluding steroid dienone is 1. The molecule has 1 amide bonds. The van der Waals surface area contributed by atoms with Crippen LogP contribution in [0, 0.1) is 17.3 Å². The Hall–Kier alpha value is -3.72. The maximum Gasteiger partial charge on any atom is 0.255 e. The highest BCUT2D eigenvalue weighted by molar-refractivity contribution is 6.22. The lowest BCUT2D eigenvalue weighted by Gasteiger charge is -2.46. The quantitative estimate of drug-likeness (QED) is 0.312. The molecule has 3 atom stereocenters. The molecule has 9 heteroatoms. The number of benzene rings is 1. The third-order valence-corrected chi connectivity index (χ3v) is 7.14. The highest BCUT2D eigenvalue weighted by atomic mass is 16.3. The molecule has 0 saturated heterocycles. The number of phenols is 1. The summed E-state index contributed by atoms with van der Waals surface area (Å²) in [5.74, 6) is -6.80. The molecule has 3 unspecified atom stereocenters. The summed E-state index contributed by atoms with van der Waals surface area (Å²) in [6, 6.07) is 2.93. The molecule has 36 heavy (non-hydrogen) atoms. The first-order valence-electron chi connectivity index (χ1n) is 11.7. The highest BCUT2D eigenvalue weighted by Gasteiger charge is 2.60. The van der Waals surface area contributed by atoms with Gasteiger partial charge in [0.05, 0.1) is 5.56 Å². The molecular weight excluding hydrogens is 466 g/mol. The van der Waals surface area contributed by atoms with Gasteiger partial charge in [-0.3, -0.25) is 19.2 Å². The van der Waals surface area contributed by atoms with Crippen LogP contribution < -0.4 is 5.73 Å². The molecule has 1 saturated carbocycles. The molecule has 1 fully saturated rings. The van der Waals surface area contributed by atoms with E-state index in [2.05, 4.69) is 0 Å². The van der Waals surface area contributed by atoms with Crippen LogP contribution in [0.15, 0.2) is 35.1 Å². The Morgan fingerprint density at radius 2 is 1.81 bits per heavy atom. The molecule has 0 radical (unpaired) electrons. The highest BCUT2D eigenvalue weighted by Crippen LogP contribution is 2.52. The van der Waals surface area contributed by atoms with E-state index in [4.69, 9.17) is 5.73 Å². The van der Waals surface area contributed by atoms with E-state index in [1.165, 1.54) is 12.1 Å². The average Bonchev–Trinajstić information content (AvgIpc) is 2.74. The second kappa shape index (κ2) is 8.44. The van der Waals surface area contributed by atoms with E-state index < -0.39 is 52.0 Å².